The van der Waals surface area contributed by atoms with Gasteiger partial charge in [0.2, 0.25) is 0 Å². The summed E-state index contributed by atoms with van der Waals surface area (Å²) in [5.41, 5.74) is 1.26. The van der Waals surface area contributed by atoms with Crippen LogP contribution in [-0.2, 0) is 4.74 Å². The second-order valence-corrected chi connectivity index (χ2v) is 2.86. The fourth-order valence-corrected chi connectivity index (χ4v) is 1.04. The Bertz CT molecular complexity index is 318. The molecule has 0 aliphatic carbocycles. The second kappa shape index (κ2) is 4.05. The monoisotopic (exact) mass is 180 g/mol. The number of aromatic hydroxyl groups is 1. The molecule has 0 unspecified atom stereocenters. The van der Waals surface area contributed by atoms with E-state index < -0.39 is 0 Å². The highest BCUT2D eigenvalue weighted by atomic mass is 16.5. The number of carbonyl (C=O) groups excluding carboxylic acids is 1. The largest absolute Gasteiger partial charge is 0.508 e. The van der Waals surface area contributed by atoms with Gasteiger partial charge in [0.05, 0.1) is 0 Å². The first-order valence-electron chi connectivity index (χ1n) is 3.97. The van der Waals surface area contributed by atoms with Crippen LogP contribution in [-0.4, -0.2) is 24.6 Å². The maximum Gasteiger partial charge on any atom is 0.188 e. The molecule has 0 saturated heterocycles. The molecule has 0 aliphatic heterocycles. The molecule has 0 aromatic heterocycles. The van der Waals surface area contributed by atoms with Crippen molar-refractivity contribution in [1.82, 2.24) is 0 Å². The molecular formula is C10H12O3. The van der Waals surface area contributed by atoms with Gasteiger partial charge in [0.25, 0.3) is 0 Å². The SMILES string of the molecule is COCC(=O)c1ccc(O)c(C)c1. The average Bonchev–Trinajstić information content (AvgIpc) is 2.10. The van der Waals surface area contributed by atoms with Crippen LogP contribution in [0.2, 0.25) is 0 Å². The van der Waals surface area contributed by atoms with Gasteiger partial charge in [-0.25, -0.2) is 0 Å². The normalized spacial score (nSPS) is 10.0. The quantitative estimate of drug-likeness (QED) is 0.717. The highest BCUT2D eigenvalue weighted by molar-refractivity contribution is 5.97. The summed E-state index contributed by atoms with van der Waals surface area (Å²) in [6.07, 6.45) is 0. The number of carbonyl (C=O) groups is 1. The highest BCUT2D eigenvalue weighted by Crippen LogP contribution is 2.17. The molecule has 1 aromatic rings. The molecule has 70 valence electrons. The zero-order valence-corrected chi connectivity index (χ0v) is 7.70. The Kier molecular flexibility index (Phi) is 3.03. The van der Waals surface area contributed by atoms with E-state index in [4.69, 9.17) is 4.74 Å². The van der Waals surface area contributed by atoms with Gasteiger partial charge in [-0.15, -0.1) is 0 Å². The minimum Gasteiger partial charge on any atom is -0.508 e. The van der Waals surface area contributed by atoms with Crippen LogP contribution in [0.1, 0.15) is 15.9 Å². The molecule has 0 aliphatic rings. The van der Waals surface area contributed by atoms with Gasteiger partial charge in [-0.05, 0) is 30.7 Å². The van der Waals surface area contributed by atoms with Crippen molar-refractivity contribution in [2.45, 2.75) is 6.92 Å². The van der Waals surface area contributed by atoms with Gasteiger partial charge in [-0.1, -0.05) is 0 Å². The van der Waals surface area contributed by atoms with Crippen LogP contribution in [0.4, 0.5) is 0 Å². The topological polar surface area (TPSA) is 46.5 Å². The molecule has 0 saturated carbocycles. The molecular weight excluding hydrogens is 168 g/mol. The number of phenolic OH excluding ortho intramolecular Hbond substituents is 1. The van der Waals surface area contributed by atoms with Crippen molar-refractivity contribution in [3.05, 3.63) is 29.3 Å². The number of Topliss-reactive ketones (excluding diaryl/α,β-unsaturated/α-hetero) is 1. The molecule has 3 heteroatoms. The van der Waals surface area contributed by atoms with Gasteiger partial charge in [0, 0.05) is 12.7 Å². The van der Waals surface area contributed by atoms with Gasteiger partial charge in [-0.2, -0.15) is 0 Å². The van der Waals surface area contributed by atoms with Crippen LogP contribution in [0.5, 0.6) is 5.75 Å². The van der Waals surface area contributed by atoms with E-state index in [-0.39, 0.29) is 18.1 Å². The average molecular weight is 180 g/mol. The Hall–Kier alpha value is -1.35. The number of aryl methyl sites for hydroxylation is 1. The predicted octanol–water partition coefficient (Wildman–Crippen LogP) is 1.53. The maximum atomic E-state index is 11.3. The molecule has 0 fully saturated rings. The third-order valence-corrected chi connectivity index (χ3v) is 1.79. The van der Waals surface area contributed by atoms with Crippen molar-refractivity contribution in [3.8, 4) is 5.75 Å². The number of hydrogen-bond donors (Lipinski definition) is 1. The summed E-state index contributed by atoms with van der Waals surface area (Å²) in [7, 11) is 1.48. The molecule has 0 radical (unpaired) electrons. The molecule has 3 nitrogen and oxygen atoms in total. The van der Waals surface area contributed by atoms with Crippen LogP contribution in [0.25, 0.3) is 0 Å². The van der Waals surface area contributed by atoms with Crippen LogP contribution in [0.3, 0.4) is 0 Å². The first kappa shape index (κ1) is 9.74. The minimum atomic E-state index is -0.0781. The molecule has 13 heavy (non-hydrogen) atoms. The number of ketones is 1. The standard InChI is InChI=1S/C10H12O3/c1-7-5-8(3-4-9(7)11)10(12)6-13-2/h3-5,11H,6H2,1-2H3. The summed E-state index contributed by atoms with van der Waals surface area (Å²) in [5, 5.41) is 9.21. The van der Waals surface area contributed by atoms with Crippen LogP contribution >= 0.6 is 0 Å². The number of phenols is 1. The lowest BCUT2D eigenvalue weighted by Crippen LogP contribution is -2.06. The van der Waals surface area contributed by atoms with E-state index in [1.165, 1.54) is 13.2 Å². The van der Waals surface area contributed by atoms with E-state index >= 15 is 0 Å². The van der Waals surface area contributed by atoms with Gasteiger partial charge in [-0.3, -0.25) is 4.79 Å². The molecule has 0 amide bonds. The summed E-state index contributed by atoms with van der Waals surface area (Å²) in [6, 6.07) is 4.75. The Labute approximate surface area is 77.0 Å². The van der Waals surface area contributed by atoms with Crippen molar-refractivity contribution in [2.24, 2.45) is 0 Å². The first-order valence-corrected chi connectivity index (χ1v) is 3.97. The van der Waals surface area contributed by atoms with E-state index in [1.54, 1.807) is 19.1 Å². The molecule has 0 spiro atoms. The number of hydrogen-bond acceptors (Lipinski definition) is 3. The second-order valence-electron chi connectivity index (χ2n) is 2.86. The molecule has 1 N–H and O–H groups in total. The van der Waals surface area contributed by atoms with Crippen molar-refractivity contribution in [1.29, 1.82) is 0 Å². The number of benzene rings is 1. The third kappa shape index (κ3) is 2.29. The summed E-state index contributed by atoms with van der Waals surface area (Å²) in [4.78, 5) is 11.3. The molecule has 1 rings (SSSR count). The predicted molar refractivity (Wildman–Crippen MR) is 49.1 cm³/mol. The summed E-state index contributed by atoms with van der Waals surface area (Å²) in [6.45, 7) is 1.82. The Morgan fingerprint density at radius 1 is 1.54 bits per heavy atom. The lowest BCUT2D eigenvalue weighted by molar-refractivity contribution is 0.0848. The summed E-state index contributed by atoms with van der Waals surface area (Å²) in [5.74, 6) is 0.125. The fourth-order valence-electron chi connectivity index (χ4n) is 1.04. The van der Waals surface area contributed by atoms with Crippen molar-refractivity contribution >= 4 is 5.78 Å². The van der Waals surface area contributed by atoms with Gasteiger partial charge < -0.3 is 9.84 Å². The van der Waals surface area contributed by atoms with E-state index in [0.717, 1.165) is 0 Å². The van der Waals surface area contributed by atoms with E-state index in [2.05, 4.69) is 0 Å². The first-order chi connectivity index (χ1) is 6.15. The highest BCUT2D eigenvalue weighted by Gasteiger charge is 2.06. The molecule has 1 aromatic carbocycles. The van der Waals surface area contributed by atoms with E-state index in [0.29, 0.717) is 11.1 Å². The smallest absolute Gasteiger partial charge is 0.188 e. The van der Waals surface area contributed by atoms with E-state index in [9.17, 15) is 9.90 Å². The van der Waals surface area contributed by atoms with Crippen LogP contribution in [0.15, 0.2) is 18.2 Å². The number of ether oxygens (including phenoxy) is 1. The summed E-state index contributed by atoms with van der Waals surface area (Å²) >= 11 is 0. The molecule has 0 bridgehead atoms. The van der Waals surface area contributed by atoms with Crippen molar-refractivity contribution < 1.29 is 14.6 Å². The summed E-state index contributed by atoms with van der Waals surface area (Å²) < 4.78 is 4.72. The van der Waals surface area contributed by atoms with Crippen molar-refractivity contribution in [3.63, 3.8) is 0 Å². The zero-order chi connectivity index (χ0) is 9.84. The van der Waals surface area contributed by atoms with Gasteiger partial charge in [0.1, 0.15) is 12.4 Å². The fraction of sp³-hybridized carbons (Fsp3) is 0.300. The minimum absolute atomic E-state index is 0.0736. The zero-order valence-electron chi connectivity index (χ0n) is 7.70. The van der Waals surface area contributed by atoms with Gasteiger partial charge in [0.15, 0.2) is 5.78 Å². The van der Waals surface area contributed by atoms with Crippen molar-refractivity contribution in [2.75, 3.05) is 13.7 Å². The number of methoxy groups -OCH3 is 1. The van der Waals surface area contributed by atoms with Gasteiger partial charge >= 0.3 is 0 Å². The Balaban J connectivity index is 2.90. The van der Waals surface area contributed by atoms with Crippen LogP contribution in [0, 0.1) is 6.92 Å². The number of rotatable bonds is 3. The van der Waals surface area contributed by atoms with Crippen LogP contribution < -0.4 is 0 Å². The maximum absolute atomic E-state index is 11.3. The van der Waals surface area contributed by atoms with E-state index in [1.807, 2.05) is 0 Å². The Morgan fingerprint density at radius 2 is 2.23 bits per heavy atom. The molecule has 0 atom stereocenters. The Morgan fingerprint density at radius 3 is 2.77 bits per heavy atom. The lowest BCUT2D eigenvalue weighted by atomic mass is 10.1. The molecule has 0 heterocycles. The third-order valence-electron chi connectivity index (χ3n) is 1.79. The lowest BCUT2D eigenvalue weighted by Gasteiger charge is -2.02.